The standard InChI is InChI=1S/C3H9N3O3/c4-2(1-7)3(8)5-6-9/h2,6-7,9H,1,4H2,(H,5,8)/t2-/m0/s1. The van der Waals surface area contributed by atoms with E-state index in [0.29, 0.717) is 0 Å². The average molecular weight is 135 g/mol. The van der Waals surface area contributed by atoms with Crippen molar-refractivity contribution in [1.82, 2.24) is 11.0 Å². The lowest BCUT2D eigenvalue weighted by atomic mass is 10.3. The number of amides is 1. The molecule has 1 amide bonds. The van der Waals surface area contributed by atoms with Crippen LogP contribution >= 0.6 is 0 Å². The van der Waals surface area contributed by atoms with Crippen molar-refractivity contribution in [2.24, 2.45) is 5.73 Å². The van der Waals surface area contributed by atoms with Gasteiger partial charge in [-0.3, -0.25) is 15.4 Å². The average Bonchev–Trinajstić information content (AvgIpc) is 1.87. The van der Waals surface area contributed by atoms with Gasteiger partial charge in [0.25, 0.3) is 5.91 Å². The molecule has 0 aromatic carbocycles. The number of hydrogen-bond acceptors (Lipinski definition) is 5. The molecule has 6 heteroatoms. The van der Waals surface area contributed by atoms with E-state index in [1.54, 1.807) is 5.43 Å². The fraction of sp³-hybridized carbons (Fsp3) is 0.667. The zero-order chi connectivity index (χ0) is 7.28. The predicted octanol–water partition coefficient (Wildman–Crippen LogP) is -2.68. The number of hydrogen-bond donors (Lipinski definition) is 5. The summed E-state index contributed by atoms with van der Waals surface area (Å²) in [5, 5.41) is 16.1. The first-order valence-electron chi connectivity index (χ1n) is 2.27. The number of nitrogens with one attached hydrogen (secondary N) is 2. The number of carbonyl (C=O) groups is 1. The van der Waals surface area contributed by atoms with E-state index in [0.717, 1.165) is 0 Å². The van der Waals surface area contributed by atoms with Gasteiger partial charge in [-0.05, 0) is 0 Å². The minimum absolute atomic E-state index is 0.451. The molecule has 0 unspecified atom stereocenters. The van der Waals surface area contributed by atoms with Crippen LogP contribution in [-0.4, -0.2) is 28.9 Å². The van der Waals surface area contributed by atoms with Gasteiger partial charge in [0.15, 0.2) is 0 Å². The molecule has 0 radical (unpaired) electrons. The quantitative estimate of drug-likeness (QED) is 0.271. The van der Waals surface area contributed by atoms with Gasteiger partial charge in [-0.1, -0.05) is 0 Å². The zero-order valence-corrected chi connectivity index (χ0v) is 4.66. The maximum atomic E-state index is 10.4. The summed E-state index contributed by atoms with van der Waals surface area (Å²) in [6, 6.07) is -0.996. The Bertz CT molecular complexity index is 96.3. The molecule has 0 spiro atoms. The van der Waals surface area contributed by atoms with Crippen molar-refractivity contribution in [2.75, 3.05) is 6.61 Å². The molecule has 0 aromatic heterocycles. The molecule has 0 fully saturated rings. The van der Waals surface area contributed by atoms with E-state index in [9.17, 15) is 4.79 Å². The zero-order valence-electron chi connectivity index (χ0n) is 4.66. The van der Waals surface area contributed by atoms with Crippen molar-refractivity contribution in [3.63, 3.8) is 0 Å². The maximum absolute atomic E-state index is 10.4. The number of aliphatic hydroxyl groups is 1. The summed E-state index contributed by atoms with van der Waals surface area (Å²) in [4.78, 5) is 10.4. The van der Waals surface area contributed by atoms with Gasteiger partial charge in [-0.2, -0.15) is 0 Å². The molecule has 1 atom stereocenters. The Balaban J connectivity index is 3.46. The van der Waals surface area contributed by atoms with Crippen molar-refractivity contribution in [2.45, 2.75) is 6.04 Å². The number of carbonyl (C=O) groups excluding carboxylic acids is 1. The van der Waals surface area contributed by atoms with Crippen LogP contribution in [0.3, 0.4) is 0 Å². The third-order valence-corrected chi connectivity index (χ3v) is 0.713. The summed E-state index contributed by atoms with van der Waals surface area (Å²) in [6.07, 6.45) is 0. The normalized spacial score (nSPS) is 12.8. The van der Waals surface area contributed by atoms with Gasteiger partial charge in [0.2, 0.25) is 0 Å². The lowest BCUT2D eigenvalue weighted by molar-refractivity contribution is -0.127. The van der Waals surface area contributed by atoms with Crippen LogP contribution in [0.15, 0.2) is 0 Å². The Morgan fingerprint density at radius 3 is 2.67 bits per heavy atom. The van der Waals surface area contributed by atoms with Gasteiger partial charge >= 0.3 is 0 Å². The van der Waals surface area contributed by atoms with E-state index in [4.69, 9.17) is 16.0 Å². The molecule has 6 nitrogen and oxygen atoms in total. The number of nitrogens with two attached hydrogens (primary N) is 1. The van der Waals surface area contributed by atoms with Gasteiger partial charge in [-0.15, -0.1) is 5.59 Å². The highest BCUT2D eigenvalue weighted by atomic mass is 16.5. The molecule has 54 valence electrons. The van der Waals surface area contributed by atoms with Crippen LogP contribution in [0.1, 0.15) is 0 Å². The highest BCUT2D eigenvalue weighted by Crippen LogP contribution is 1.71. The third kappa shape index (κ3) is 2.98. The van der Waals surface area contributed by atoms with Crippen LogP contribution in [-0.2, 0) is 4.79 Å². The van der Waals surface area contributed by atoms with Crippen molar-refractivity contribution < 1.29 is 15.1 Å². The smallest absolute Gasteiger partial charge is 0.255 e. The topological polar surface area (TPSA) is 108 Å². The van der Waals surface area contributed by atoms with Gasteiger partial charge in [0, 0.05) is 0 Å². The minimum atomic E-state index is -0.996. The van der Waals surface area contributed by atoms with Crippen LogP contribution in [0.25, 0.3) is 0 Å². The molecular formula is C3H9N3O3. The number of rotatable bonds is 3. The third-order valence-electron chi connectivity index (χ3n) is 0.713. The summed E-state index contributed by atoms with van der Waals surface area (Å²) in [5.74, 6) is -0.667. The summed E-state index contributed by atoms with van der Waals surface area (Å²) in [6.45, 7) is -0.451. The van der Waals surface area contributed by atoms with Gasteiger partial charge in [0.1, 0.15) is 6.04 Å². The Morgan fingerprint density at radius 2 is 2.33 bits per heavy atom. The molecule has 0 saturated heterocycles. The second-order valence-electron chi connectivity index (χ2n) is 1.39. The summed E-state index contributed by atoms with van der Waals surface area (Å²) < 4.78 is 0. The summed E-state index contributed by atoms with van der Waals surface area (Å²) in [7, 11) is 0. The maximum Gasteiger partial charge on any atom is 0.255 e. The van der Waals surface area contributed by atoms with E-state index in [1.165, 1.54) is 5.59 Å². The lowest BCUT2D eigenvalue weighted by Crippen LogP contribution is -2.47. The second kappa shape index (κ2) is 4.21. The van der Waals surface area contributed by atoms with Gasteiger partial charge < -0.3 is 10.8 Å². The van der Waals surface area contributed by atoms with Crippen LogP contribution in [0.2, 0.25) is 0 Å². The fourth-order valence-corrected chi connectivity index (χ4v) is 0.231. The Hall–Kier alpha value is -0.690. The van der Waals surface area contributed by atoms with Crippen molar-refractivity contribution in [1.29, 1.82) is 0 Å². The van der Waals surface area contributed by atoms with Gasteiger partial charge in [0.05, 0.1) is 6.61 Å². The van der Waals surface area contributed by atoms with Crippen molar-refractivity contribution in [3.8, 4) is 0 Å². The van der Waals surface area contributed by atoms with E-state index >= 15 is 0 Å². The summed E-state index contributed by atoms with van der Waals surface area (Å²) >= 11 is 0. The number of hydrazine groups is 1. The SMILES string of the molecule is N[C@@H](CO)C(=O)NNO. The molecule has 0 saturated carbocycles. The second-order valence-corrected chi connectivity index (χ2v) is 1.39. The minimum Gasteiger partial charge on any atom is -0.394 e. The fourth-order valence-electron chi connectivity index (χ4n) is 0.231. The monoisotopic (exact) mass is 135 g/mol. The molecule has 0 aromatic rings. The van der Waals surface area contributed by atoms with E-state index in [1.807, 2.05) is 0 Å². The largest absolute Gasteiger partial charge is 0.394 e. The summed E-state index contributed by atoms with van der Waals surface area (Å²) in [5.41, 5.74) is 8.16. The van der Waals surface area contributed by atoms with E-state index < -0.39 is 18.6 Å². The predicted molar refractivity (Wildman–Crippen MR) is 28.1 cm³/mol. The van der Waals surface area contributed by atoms with Crippen LogP contribution in [0.5, 0.6) is 0 Å². The molecule has 0 heterocycles. The molecule has 0 aliphatic rings. The van der Waals surface area contributed by atoms with Crippen molar-refractivity contribution >= 4 is 5.91 Å². The molecule has 0 rings (SSSR count). The molecular weight excluding hydrogens is 126 g/mol. The highest BCUT2D eigenvalue weighted by molar-refractivity contribution is 5.80. The molecule has 0 bridgehead atoms. The van der Waals surface area contributed by atoms with Crippen LogP contribution < -0.4 is 16.7 Å². The van der Waals surface area contributed by atoms with Gasteiger partial charge in [-0.25, -0.2) is 0 Å². The number of aliphatic hydroxyl groups excluding tert-OH is 1. The first-order chi connectivity index (χ1) is 4.22. The van der Waals surface area contributed by atoms with Crippen LogP contribution in [0, 0.1) is 0 Å². The Morgan fingerprint density at radius 1 is 1.78 bits per heavy atom. The van der Waals surface area contributed by atoms with Crippen LogP contribution in [0.4, 0.5) is 0 Å². The first-order valence-corrected chi connectivity index (χ1v) is 2.27. The molecule has 6 N–H and O–H groups in total. The highest BCUT2D eigenvalue weighted by Gasteiger charge is 2.09. The first kappa shape index (κ1) is 8.31. The Kier molecular flexibility index (Phi) is 3.89. The molecule has 0 aliphatic heterocycles. The molecule has 0 aliphatic carbocycles. The van der Waals surface area contributed by atoms with E-state index in [2.05, 4.69) is 0 Å². The Labute approximate surface area is 51.6 Å². The molecule has 9 heavy (non-hydrogen) atoms. The van der Waals surface area contributed by atoms with Crippen molar-refractivity contribution in [3.05, 3.63) is 0 Å². The van der Waals surface area contributed by atoms with E-state index in [-0.39, 0.29) is 0 Å². The lowest BCUT2D eigenvalue weighted by Gasteiger charge is -2.05.